The first-order valence-electron chi connectivity index (χ1n) is 7.02. The number of hydrogen-bond donors (Lipinski definition) is 2. The minimum atomic E-state index is -0.266. The van der Waals surface area contributed by atoms with Crippen molar-refractivity contribution in [3.05, 3.63) is 39.3 Å². The number of carbonyl (C=O) groups excluding carboxylic acids is 1. The minimum absolute atomic E-state index is 0. The number of aromatic nitrogens is 1. The van der Waals surface area contributed by atoms with Crippen LogP contribution in [0.2, 0.25) is 5.02 Å². The number of benzene rings is 1. The highest BCUT2D eigenvalue weighted by molar-refractivity contribution is 7.09. The summed E-state index contributed by atoms with van der Waals surface area (Å²) >= 11 is 7.57. The van der Waals surface area contributed by atoms with Crippen molar-refractivity contribution in [2.75, 3.05) is 18.5 Å². The lowest BCUT2D eigenvalue weighted by atomic mass is 10.3. The van der Waals surface area contributed by atoms with E-state index in [4.69, 9.17) is 22.1 Å². The van der Waals surface area contributed by atoms with E-state index in [1.165, 1.54) is 11.3 Å². The molecule has 2 rings (SSSR count). The molecule has 1 heterocycles. The Morgan fingerprint density at radius 2 is 2.26 bits per heavy atom. The molecule has 0 aliphatic carbocycles. The Morgan fingerprint density at radius 3 is 2.91 bits per heavy atom. The molecule has 0 spiro atoms. The van der Waals surface area contributed by atoms with E-state index in [0.29, 0.717) is 41.7 Å². The number of hydrogen-bond acceptors (Lipinski definition) is 5. The Morgan fingerprint density at radius 1 is 1.48 bits per heavy atom. The van der Waals surface area contributed by atoms with Crippen molar-refractivity contribution in [1.82, 2.24) is 4.98 Å². The molecule has 3 N–H and O–H groups in total. The molecule has 0 radical (unpaired) electrons. The van der Waals surface area contributed by atoms with Crippen molar-refractivity contribution in [3.8, 4) is 5.75 Å². The molecule has 0 aliphatic rings. The first-order valence-corrected chi connectivity index (χ1v) is 8.28. The van der Waals surface area contributed by atoms with Crippen molar-refractivity contribution in [3.63, 3.8) is 0 Å². The van der Waals surface area contributed by atoms with E-state index in [1.54, 1.807) is 23.6 Å². The minimum Gasteiger partial charge on any atom is -0.492 e. The normalized spacial score (nSPS) is 10.0. The summed E-state index contributed by atoms with van der Waals surface area (Å²) < 4.78 is 5.49. The highest BCUT2D eigenvalue weighted by Crippen LogP contribution is 2.28. The van der Waals surface area contributed by atoms with Crippen LogP contribution in [0.5, 0.6) is 5.75 Å². The molecule has 0 unspecified atom stereocenters. The molecule has 1 amide bonds. The fourth-order valence-corrected chi connectivity index (χ4v) is 2.79. The van der Waals surface area contributed by atoms with Crippen LogP contribution < -0.4 is 15.8 Å². The molecule has 0 bridgehead atoms. The smallest absolute Gasteiger partial charge is 0.275 e. The summed E-state index contributed by atoms with van der Waals surface area (Å²) in [5.41, 5.74) is 6.46. The first-order chi connectivity index (χ1) is 10.6. The standard InChI is InChI=1S/C15H18ClN3O2S.ClH/c1-2-7-21-13-4-3-10(8-11(13)16)18-15(20)12-9-22-14(19-12)5-6-17;/h3-4,8-9H,2,5-7,17H2,1H3,(H,18,20);1H. The van der Waals surface area contributed by atoms with Gasteiger partial charge in [0.2, 0.25) is 0 Å². The summed E-state index contributed by atoms with van der Waals surface area (Å²) in [5.74, 6) is 0.346. The number of thiazole rings is 1. The van der Waals surface area contributed by atoms with Crippen LogP contribution in [0.4, 0.5) is 5.69 Å². The number of carbonyl (C=O) groups is 1. The highest BCUT2D eigenvalue weighted by Gasteiger charge is 2.12. The van der Waals surface area contributed by atoms with Crippen LogP contribution in [0.15, 0.2) is 23.6 Å². The lowest BCUT2D eigenvalue weighted by Gasteiger charge is -2.09. The highest BCUT2D eigenvalue weighted by atomic mass is 35.5. The molecular weight excluding hydrogens is 357 g/mol. The van der Waals surface area contributed by atoms with E-state index in [-0.39, 0.29) is 18.3 Å². The number of anilines is 1. The quantitative estimate of drug-likeness (QED) is 0.771. The molecule has 126 valence electrons. The van der Waals surface area contributed by atoms with E-state index >= 15 is 0 Å². The van der Waals surface area contributed by atoms with Crippen LogP contribution in [0.25, 0.3) is 0 Å². The number of nitrogens with two attached hydrogens (primary N) is 1. The number of rotatable bonds is 7. The summed E-state index contributed by atoms with van der Waals surface area (Å²) in [6.07, 6.45) is 1.58. The zero-order valence-corrected chi connectivity index (χ0v) is 15.1. The molecule has 5 nitrogen and oxygen atoms in total. The lowest BCUT2D eigenvalue weighted by Crippen LogP contribution is -2.13. The van der Waals surface area contributed by atoms with Crippen LogP contribution >= 0.6 is 35.3 Å². The lowest BCUT2D eigenvalue weighted by molar-refractivity contribution is 0.102. The van der Waals surface area contributed by atoms with Gasteiger partial charge in [0.15, 0.2) is 0 Å². The maximum absolute atomic E-state index is 12.1. The summed E-state index contributed by atoms with van der Waals surface area (Å²) in [6.45, 7) is 3.15. The molecule has 1 aromatic heterocycles. The third-order valence-corrected chi connectivity index (χ3v) is 4.00. The number of nitrogens with zero attached hydrogens (tertiary/aromatic N) is 1. The Labute approximate surface area is 150 Å². The van der Waals surface area contributed by atoms with Gasteiger partial charge in [-0.15, -0.1) is 23.7 Å². The molecule has 0 saturated carbocycles. The van der Waals surface area contributed by atoms with Gasteiger partial charge >= 0.3 is 0 Å². The SMILES string of the molecule is CCCOc1ccc(NC(=O)c2csc(CCN)n2)cc1Cl.Cl. The topological polar surface area (TPSA) is 77.2 Å². The van der Waals surface area contributed by atoms with Gasteiger partial charge in [0, 0.05) is 17.5 Å². The molecule has 23 heavy (non-hydrogen) atoms. The van der Waals surface area contributed by atoms with Crippen molar-refractivity contribution in [2.45, 2.75) is 19.8 Å². The Balaban J connectivity index is 0.00000264. The van der Waals surface area contributed by atoms with E-state index < -0.39 is 0 Å². The molecule has 0 aliphatic heterocycles. The van der Waals surface area contributed by atoms with Crippen LogP contribution in [-0.4, -0.2) is 24.0 Å². The molecule has 8 heteroatoms. The summed E-state index contributed by atoms with van der Waals surface area (Å²) in [6, 6.07) is 5.16. The van der Waals surface area contributed by atoms with Crippen molar-refractivity contribution in [1.29, 1.82) is 0 Å². The third kappa shape index (κ3) is 5.66. The van der Waals surface area contributed by atoms with E-state index in [9.17, 15) is 4.79 Å². The van der Waals surface area contributed by atoms with Crippen LogP contribution in [0.3, 0.4) is 0 Å². The first kappa shape index (κ1) is 19.7. The second kappa shape index (κ2) is 9.72. The van der Waals surface area contributed by atoms with Gasteiger partial charge in [-0.3, -0.25) is 4.79 Å². The Kier molecular flexibility index (Phi) is 8.33. The maximum Gasteiger partial charge on any atom is 0.275 e. The predicted octanol–water partition coefficient (Wildman–Crippen LogP) is 3.76. The van der Waals surface area contributed by atoms with Gasteiger partial charge < -0.3 is 15.8 Å². The van der Waals surface area contributed by atoms with Gasteiger partial charge in [0.1, 0.15) is 11.4 Å². The zero-order valence-electron chi connectivity index (χ0n) is 12.7. The van der Waals surface area contributed by atoms with Crippen LogP contribution in [0.1, 0.15) is 28.8 Å². The maximum atomic E-state index is 12.1. The summed E-state index contributed by atoms with van der Waals surface area (Å²) in [7, 11) is 0. The summed E-state index contributed by atoms with van der Waals surface area (Å²) in [5, 5.41) is 5.82. The number of nitrogens with one attached hydrogen (secondary N) is 1. The third-order valence-electron chi connectivity index (χ3n) is 2.79. The Hall–Kier alpha value is -1.34. The van der Waals surface area contributed by atoms with Crippen molar-refractivity contribution in [2.24, 2.45) is 5.73 Å². The molecule has 0 fully saturated rings. The number of amides is 1. The number of ether oxygens (including phenoxy) is 1. The summed E-state index contributed by atoms with van der Waals surface area (Å²) in [4.78, 5) is 16.4. The Bertz CT molecular complexity index is 649. The van der Waals surface area contributed by atoms with Gasteiger partial charge in [-0.1, -0.05) is 18.5 Å². The molecule has 2 aromatic rings. The van der Waals surface area contributed by atoms with Gasteiger partial charge in [0.05, 0.1) is 16.6 Å². The van der Waals surface area contributed by atoms with Gasteiger partial charge in [0.25, 0.3) is 5.91 Å². The largest absolute Gasteiger partial charge is 0.492 e. The van der Waals surface area contributed by atoms with Crippen molar-refractivity contribution < 1.29 is 9.53 Å². The second-order valence-corrected chi connectivity index (χ2v) is 5.96. The average molecular weight is 376 g/mol. The molecular formula is C15H19Cl2N3O2S. The number of halogens is 2. The average Bonchev–Trinajstić information content (AvgIpc) is 2.96. The fraction of sp³-hybridized carbons (Fsp3) is 0.333. The van der Waals surface area contributed by atoms with Crippen LogP contribution in [-0.2, 0) is 6.42 Å². The van der Waals surface area contributed by atoms with Gasteiger partial charge in [-0.05, 0) is 31.2 Å². The molecule has 0 atom stereocenters. The predicted molar refractivity (Wildman–Crippen MR) is 97.3 cm³/mol. The monoisotopic (exact) mass is 375 g/mol. The fourth-order valence-electron chi connectivity index (χ4n) is 1.76. The van der Waals surface area contributed by atoms with Crippen LogP contribution in [0, 0.1) is 0 Å². The van der Waals surface area contributed by atoms with Gasteiger partial charge in [-0.25, -0.2) is 4.98 Å². The molecule has 1 aromatic carbocycles. The van der Waals surface area contributed by atoms with Gasteiger partial charge in [-0.2, -0.15) is 0 Å². The molecule has 0 saturated heterocycles. The van der Waals surface area contributed by atoms with E-state index in [1.807, 2.05) is 6.92 Å². The second-order valence-electron chi connectivity index (χ2n) is 4.61. The zero-order chi connectivity index (χ0) is 15.9. The van der Waals surface area contributed by atoms with Crippen molar-refractivity contribution >= 4 is 46.9 Å². The van der Waals surface area contributed by atoms with E-state index in [2.05, 4.69) is 10.3 Å². The van der Waals surface area contributed by atoms with E-state index in [0.717, 1.165) is 11.4 Å².